The van der Waals surface area contributed by atoms with Gasteiger partial charge in [-0.15, -0.1) is 16.3 Å². The maximum absolute atomic E-state index is 15.8. The van der Waals surface area contributed by atoms with Crippen LogP contribution in [0.1, 0.15) is 11.6 Å². The first-order valence-electron chi connectivity index (χ1n) is 12.7. The number of nitrogens with one attached hydrogen (secondary N) is 2. The Morgan fingerprint density at radius 3 is 2.60 bits per heavy atom. The zero-order valence-corrected chi connectivity index (χ0v) is 26.5. The highest BCUT2D eigenvalue weighted by Gasteiger charge is 2.51. The number of hydrogen-bond acceptors (Lipinski definition) is 15. The number of nitrogens with two attached hydrogens (primary N) is 1. The molecule has 6 N–H and O–H groups in total. The topological polar surface area (TPSA) is 248 Å². The van der Waals surface area contributed by atoms with E-state index in [-0.39, 0.29) is 34.9 Å². The second-order valence-electron chi connectivity index (χ2n) is 9.71. The quantitative estimate of drug-likeness (QED) is 0.0967. The molecule has 0 bridgehead atoms. The minimum absolute atomic E-state index is 0.000737. The van der Waals surface area contributed by atoms with Gasteiger partial charge >= 0.3 is 13.9 Å². The maximum atomic E-state index is 15.8. The van der Waals surface area contributed by atoms with Gasteiger partial charge in [0, 0.05) is 0 Å². The average molecular weight is 729 g/mol. The van der Waals surface area contributed by atoms with Gasteiger partial charge in [-0.2, -0.15) is 4.98 Å². The maximum Gasteiger partial charge on any atom is 0.582 e. The number of hydrogen-bond donors (Lipinski definition) is 6. The highest BCUT2D eigenvalue weighted by atomic mass is 32.7. The highest BCUT2D eigenvalue weighted by Crippen LogP contribution is 2.55. The number of nitrogen functional groups attached to an aromatic ring is 1. The van der Waals surface area contributed by atoms with Crippen molar-refractivity contribution < 1.29 is 41.7 Å². The summed E-state index contributed by atoms with van der Waals surface area (Å²) in [5, 5.41) is 8.43. The fourth-order valence-electron chi connectivity index (χ4n) is 4.90. The van der Waals surface area contributed by atoms with Gasteiger partial charge in [-0.1, -0.05) is 0 Å². The summed E-state index contributed by atoms with van der Waals surface area (Å²) in [5.74, 6) is -0.236. The van der Waals surface area contributed by atoms with Gasteiger partial charge in [0.05, 0.1) is 30.8 Å². The molecule has 6 heterocycles. The molecule has 2 fully saturated rings. The lowest BCUT2D eigenvalue weighted by Crippen LogP contribution is -2.33. The van der Waals surface area contributed by atoms with E-state index in [2.05, 4.69) is 42.2 Å². The molecule has 0 aromatic carbocycles. The zero-order valence-electron chi connectivity index (χ0n) is 22.2. The van der Waals surface area contributed by atoms with Crippen LogP contribution in [0.2, 0.25) is 0 Å². The van der Waals surface area contributed by atoms with Gasteiger partial charge in [-0.25, -0.2) is 23.7 Å². The lowest BCUT2D eigenvalue weighted by atomic mass is 10.1. The van der Waals surface area contributed by atoms with Crippen LogP contribution in [0.4, 0.5) is 14.7 Å². The number of nitrogens with zero attached hydrogens (tertiary/aromatic N) is 6. The van der Waals surface area contributed by atoms with E-state index in [9.17, 15) is 24.2 Å². The highest BCUT2D eigenvalue weighted by molar-refractivity contribution is 8.39. The molecule has 0 radical (unpaired) electrons. The van der Waals surface area contributed by atoms with Crippen molar-refractivity contribution in [3.05, 3.63) is 39.7 Å². The van der Waals surface area contributed by atoms with Crippen molar-refractivity contribution in [1.82, 2.24) is 39.0 Å². The van der Waals surface area contributed by atoms with Gasteiger partial charge < -0.3 is 30.0 Å². The molecule has 10 atom stereocenters. The molecule has 4 aromatic rings. The summed E-state index contributed by atoms with van der Waals surface area (Å²) >= 11 is 9.74. The van der Waals surface area contributed by atoms with Gasteiger partial charge in [0.2, 0.25) is 5.95 Å². The number of H-pyrrole nitrogens is 2. The SMILES string of the molecule is Nc1nc2c(ncn2[C@@H]2S[C@H](CO[P+](=O)S)[C@@H](F)[C@H]2OP(O)(=S)OC[C@H]2O[C@@H](n3cnc4c(=O)[nH]cnc43)[C@@H](F)[C@@H]2O)c(=O)[nH]1. The van der Waals surface area contributed by atoms with Gasteiger partial charge in [0.25, 0.3) is 11.1 Å². The van der Waals surface area contributed by atoms with Crippen molar-refractivity contribution in [3.8, 4) is 0 Å². The van der Waals surface area contributed by atoms with E-state index in [1.54, 1.807) is 0 Å². The fourth-order valence-corrected chi connectivity index (χ4v) is 8.44. The number of thiol groups is 1. The first-order valence-corrected chi connectivity index (χ1v) is 18.6. The van der Waals surface area contributed by atoms with Crippen molar-refractivity contribution in [2.75, 3.05) is 18.9 Å². The van der Waals surface area contributed by atoms with Crippen molar-refractivity contribution in [1.29, 1.82) is 0 Å². The Morgan fingerprint density at radius 1 is 1.16 bits per heavy atom. The summed E-state index contributed by atoms with van der Waals surface area (Å²) < 4.78 is 66.4. The lowest BCUT2D eigenvalue weighted by molar-refractivity contribution is -0.0460. The Kier molecular flexibility index (Phi) is 9.13. The summed E-state index contributed by atoms with van der Waals surface area (Å²) in [6.45, 7) is -5.41. The summed E-state index contributed by atoms with van der Waals surface area (Å²) in [5.41, 5.74) is 4.26. The Hall–Kier alpha value is -2.43. The minimum Gasteiger partial charge on any atom is -0.387 e. The predicted molar refractivity (Wildman–Crippen MR) is 161 cm³/mol. The van der Waals surface area contributed by atoms with Crippen molar-refractivity contribution in [3.63, 3.8) is 0 Å². The van der Waals surface area contributed by atoms with Crippen LogP contribution in [-0.2, 0) is 34.7 Å². The molecule has 0 amide bonds. The molecule has 2 unspecified atom stereocenters. The molecule has 25 heteroatoms. The van der Waals surface area contributed by atoms with Crippen LogP contribution >= 0.6 is 38.0 Å². The number of aliphatic hydroxyl groups is 1. The standard InChI is InChI=1S/C20H21F2N9O9P2S3/c21-8-7(2-37-41(35)43)45-19(31-5-27-11-15(31)28-20(23)29-17(11)34)13(8)40-42(36,44)38-1-6-12(32)9(22)18(39-6)30-4-26-10-14(30)24-3-25-16(10)33/h3-9,12-13,18-19,32H,1-2H2,(H5-,23,24,25,28,29,33,34,35,36,43,44)/p+1/t6-,7-,8-,9+,12-,13-,18-,19-,42?/m1/s1. The molecule has 4 aromatic heterocycles. The van der Waals surface area contributed by atoms with Gasteiger partial charge in [-0.3, -0.25) is 28.2 Å². The Labute approximate surface area is 264 Å². The largest absolute Gasteiger partial charge is 0.582 e. The number of alkyl halides is 2. The number of rotatable bonds is 10. The number of ether oxygens (including phenoxy) is 1. The van der Waals surface area contributed by atoms with E-state index >= 15 is 8.78 Å². The third kappa shape index (κ3) is 6.31. The number of anilines is 1. The van der Waals surface area contributed by atoms with E-state index in [1.807, 2.05) is 0 Å². The number of imidazole rings is 2. The van der Waals surface area contributed by atoms with Crippen LogP contribution in [0.5, 0.6) is 0 Å². The molecule has 18 nitrogen and oxygen atoms in total. The number of aromatic nitrogens is 8. The van der Waals surface area contributed by atoms with E-state index in [0.29, 0.717) is 0 Å². The third-order valence-corrected chi connectivity index (χ3v) is 10.7. The number of aromatic amines is 2. The molecule has 2 saturated heterocycles. The van der Waals surface area contributed by atoms with E-state index in [1.165, 1.54) is 10.9 Å². The van der Waals surface area contributed by atoms with Crippen LogP contribution in [0.3, 0.4) is 0 Å². The molecular weight excluding hydrogens is 706 g/mol. The number of thioether (sulfide) groups is 1. The van der Waals surface area contributed by atoms with E-state index in [4.69, 9.17) is 35.8 Å². The van der Waals surface area contributed by atoms with E-state index in [0.717, 1.165) is 29.0 Å². The summed E-state index contributed by atoms with van der Waals surface area (Å²) in [6.07, 6.45) is -6.70. The average Bonchev–Trinajstić information content (AvgIpc) is 3.73. The number of fused-ring (bicyclic) bond motifs is 2. The van der Waals surface area contributed by atoms with Gasteiger partial charge in [0.1, 0.15) is 48.7 Å². The Morgan fingerprint density at radius 2 is 1.87 bits per heavy atom. The molecular formula is C20H22F2N9O9P2S3+. The zero-order chi connectivity index (χ0) is 32.2. The van der Waals surface area contributed by atoms with Crippen LogP contribution in [0, 0.1) is 0 Å². The second-order valence-corrected chi connectivity index (χ2v) is 15.6. The number of aliphatic hydroxyl groups excluding tert-OH is 1. The molecule has 242 valence electrons. The van der Waals surface area contributed by atoms with Gasteiger partial charge in [0.15, 0.2) is 34.7 Å². The smallest absolute Gasteiger partial charge is 0.387 e. The summed E-state index contributed by atoms with van der Waals surface area (Å²) in [7, 11) is -2.37. The molecule has 0 saturated carbocycles. The lowest BCUT2D eigenvalue weighted by Gasteiger charge is -2.27. The first kappa shape index (κ1) is 32.5. The van der Waals surface area contributed by atoms with Crippen molar-refractivity contribution in [2.24, 2.45) is 0 Å². The van der Waals surface area contributed by atoms with Crippen LogP contribution in [0.15, 0.2) is 28.6 Å². The molecule has 2 aliphatic rings. The van der Waals surface area contributed by atoms with Crippen LogP contribution < -0.4 is 16.9 Å². The third-order valence-electron chi connectivity index (χ3n) is 6.93. The minimum atomic E-state index is -4.36. The van der Waals surface area contributed by atoms with Crippen molar-refractivity contribution >= 4 is 78.0 Å². The van der Waals surface area contributed by atoms with Crippen LogP contribution in [0.25, 0.3) is 22.3 Å². The molecule has 45 heavy (non-hydrogen) atoms. The summed E-state index contributed by atoms with van der Waals surface area (Å²) in [4.78, 5) is 55.8. The monoisotopic (exact) mass is 728 g/mol. The Bertz CT molecular complexity index is 1930. The molecule has 6 rings (SSSR count). The van der Waals surface area contributed by atoms with Crippen LogP contribution in [-0.4, -0.2) is 98.2 Å². The molecule has 2 aliphatic heterocycles. The van der Waals surface area contributed by atoms with Crippen molar-refractivity contribution in [2.45, 2.75) is 47.5 Å². The van der Waals surface area contributed by atoms with E-state index < -0.39 is 79.2 Å². The molecule has 0 aliphatic carbocycles. The van der Waals surface area contributed by atoms with Gasteiger partial charge in [-0.05, 0) is 16.4 Å². The second kappa shape index (κ2) is 12.6. The first-order chi connectivity index (χ1) is 21.3. The normalized spacial score (nSPS) is 30.3. The molecule has 0 spiro atoms. The fraction of sp³-hybridized carbons (Fsp3) is 0.500. The summed E-state index contributed by atoms with van der Waals surface area (Å²) in [6, 6.07) is 0. The predicted octanol–water partition coefficient (Wildman–Crippen LogP) is 0.606. The number of halogens is 2. The Balaban J connectivity index is 1.20.